The van der Waals surface area contributed by atoms with Crippen molar-refractivity contribution in [1.82, 2.24) is 0 Å². The zero-order valence-electron chi connectivity index (χ0n) is 10.2. The second-order valence-corrected chi connectivity index (χ2v) is 4.48. The van der Waals surface area contributed by atoms with E-state index >= 15 is 0 Å². The Morgan fingerprint density at radius 2 is 1.73 bits per heavy atom. The van der Waals surface area contributed by atoms with Crippen molar-refractivity contribution in [3.63, 3.8) is 0 Å². The average Bonchev–Trinajstić information content (AvgIpc) is 2.29. The van der Waals surface area contributed by atoms with Crippen LogP contribution in [0.2, 0.25) is 0 Å². The lowest BCUT2D eigenvalue weighted by molar-refractivity contribution is 0.589. The number of hydrogen-bond acceptors (Lipinski definition) is 0. The summed E-state index contributed by atoms with van der Waals surface area (Å²) in [6, 6.07) is 0. The molecule has 0 heterocycles. The normalized spacial score (nSPS) is 15.4. The molecule has 0 saturated heterocycles. The maximum Gasteiger partial charge on any atom is -0.0129 e. The Hall–Kier alpha value is -0.520. The first kappa shape index (κ1) is 12.5. The fourth-order valence-electron chi connectivity index (χ4n) is 2.03. The molecule has 15 heavy (non-hydrogen) atoms. The smallest absolute Gasteiger partial charge is 0.0129 e. The van der Waals surface area contributed by atoms with Gasteiger partial charge in [0.25, 0.3) is 0 Å². The maximum absolute atomic E-state index is 2.36. The van der Waals surface area contributed by atoms with Gasteiger partial charge >= 0.3 is 0 Å². The van der Waals surface area contributed by atoms with Gasteiger partial charge in [-0.3, -0.25) is 0 Å². The van der Waals surface area contributed by atoms with Gasteiger partial charge in [-0.25, -0.2) is 0 Å². The summed E-state index contributed by atoms with van der Waals surface area (Å²) in [4.78, 5) is 0. The molecule has 0 aromatic rings. The first-order chi connectivity index (χ1) is 7.43. The van der Waals surface area contributed by atoms with E-state index in [4.69, 9.17) is 0 Å². The second-order valence-electron chi connectivity index (χ2n) is 4.48. The van der Waals surface area contributed by atoms with Crippen molar-refractivity contribution < 1.29 is 0 Å². The molecule has 1 aliphatic rings. The summed E-state index contributed by atoms with van der Waals surface area (Å²) in [5, 5.41) is 0. The third kappa shape index (κ3) is 6.54. The van der Waals surface area contributed by atoms with Gasteiger partial charge in [0.1, 0.15) is 0 Å². The Labute approximate surface area is 95.5 Å². The third-order valence-electron chi connectivity index (χ3n) is 3.03. The molecule has 0 bridgehead atoms. The first-order valence-corrected chi connectivity index (χ1v) is 6.62. The molecule has 0 unspecified atom stereocenters. The van der Waals surface area contributed by atoms with Gasteiger partial charge < -0.3 is 0 Å². The zero-order valence-corrected chi connectivity index (χ0v) is 10.2. The van der Waals surface area contributed by atoms with Crippen LogP contribution in [0.25, 0.3) is 0 Å². The van der Waals surface area contributed by atoms with Gasteiger partial charge in [-0.2, -0.15) is 0 Å². The largest absolute Gasteiger partial charge is 0.0807 e. The van der Waals surface area contributed by atoms with Gasteiger partial charge in [-0.1, -0.05) is 69.2 Å². The average molecular weight is 205 g/mol. The van der Waals surface area contributed by atoms with Crippen LogP contribution in [0, 0.1) is 6.42 Å². The van der Waals surface area contributed by atoms with Gasteiger partial charge in [0.05, 0.1) is 0 Å². The molecule has 85 valence electrons. The van der Waals surface area contributed by atoms with Crippen LogP contribution < -0.4 is 0 Å². The van der Waals surface area contributed by atoms with E-state index < -0.39 is 0 Å². The zero-order chi connectivity index (χ0) is 10.8. The lowest BCUT2D eigenvalue weighted by Gasteiger charge is -2.06. The molecule has 1 rings (SSSR count). The topological polar surface area (TPSA) is 0 Å². The molecule has 0 nitrogen and oxygen atoms in total. The monoisotopic (exact) mass is 205 g/mol. The van der Waals surface area contributed by atoms with E-state index in [9.17, 15) is 0 Å². The molecule has 0 heteroatoms. The van der Waals surface area contributed by atoms with Gasteiger partial charge in [-0.05, 0) is 25.7 Å². The van der Waals surface area contributed by atoms with E-state index in [1.807, 2.05) is 0 Å². The predicted octanol–water partition coefficient (Wildman–Crippen LogP) is 5.22. The fraction of sp³-hybridized carbons (Fsp3) is 0.667. The van der Waals surface area contributed by atoms with Crippen molar-refractivity contribution in [1.29, 1.82) is 0 Å². The van der Waals surface area contributed by atoms with Crippen LogP contribution in [0.3, 0.4) is 0 Å². The fourth-order valence-corrected chi connectivity index (χ4v) is 2.03. The summed E-state index contributed by atoms with van der Waals surface area (Å²) >= 11 is 0. The molecule has 0 aromatic carbocycles. The lowest BCUT2D eigenvalue weighted by atomic mass is 10.0. The highest BCUT2D eigenvalue weighted by molar-refractivity contribution is 5.26. The summed E-state index contributed by atoms with van der Waals surface area (Å²) in [5.41, 5.74) is 1.55. The SMILES string of the molecule is CCCCCCCCCC1=CC[CH]C=C1. The number of unbranched alkanes of at least 4 members (excludes halogenated alkanes) is 6. The Morgan fingerprint density at radius 1 is 1.00 bits per heavy atom. The van der Waals surface area contributed by atoms with Crippen molar-refractivity contribution in [2.24, 2.45) is 0 Å². The predicted molar refractivity (Wildman–Crippen MR) is 68.8 cm³/mol. The number of hydrogen-bond donors (Lipinski definition) is 0. The van der Waals surface area contributed by atoms with Crippen LogP contribution in [0.1, 0.15) is 64.7 Å². The molecule has 0 N–H and O–H groups in total. The molecule has 0 spiro atoms. The van der Waals surface area contributed by atoms with E-state index in [1.54, 1.807) is 5.57 Å². The van der Waals surface area contributed by atoms with Crippen LogP contribution in [0.5, 0.6) is 0 Å². The standard InChI is InChI=1S/C15H25/c1-2-3-4-5-6-7-9-12-15-13-10-8-11-14-15/h8,10,13-14H,2-7,9,11-12H2,1H3. The molecule has 1 radical (unpaired) electrons. The Morgan fingerprint density at radius 3 is 2.40 bits per heavy atom. The van der Waals surface area contributed by atoms with E-state index in [1.165, 1.54) is 51.4 Å². The van der Waals surface area contributed by atoms with Gasteiger partial charge in [0.15, 0.2) is 0 Å². The molecule has 0 saturated carbocycles. The van der Waals surface area contributed by atoms with Crippen LogP contribution in [0.15, 0.2) is 23.8 Å². The van der Waals surface area contributed by atoms with Crippen LogP contribution in [-0.4, -0.2) is 0 Å². The van der Waals surface area contributed by atoms with Crippen molar-refractivity contribution in [3.8, 4) is 0 Å². The highest BCUT2D eigenvalue weighted by atomic mass is 14.0. The molecule has 0 fully saturated rings. The van der Waals surface area contributed by atoms with Gasteiger partial charge in [0, 0.05) is 0 Å². The Bertz CT molecular complexity index is 198. The van der Waals surface area contributed by atoms with Crippen molar-refractivity contribution in [3.05, 3.63) is 30.2 Å². The summed E-state index contributed by atoms with van der Waals surface area (Å²) in [6.07, 6.45) is 21.3. The highest BCUT2D eigenvalue weighted by Gasteiger charge is 1.97. The minimum atomic E-state index is 1.14. The van der Waals surface area contributed by atoms with Gasteiger partial charge in [0.2, 0.25) is 0 Å². The van der Waals surface area contributed by atoms with E-state index in [0.29, 0.717) is 0 Å². The minimum absolute atomic E-state index is 1.14. The van der Waals surface area contributed by atoms with Crippen molar-refractivity contribution in [2.75, 3.05) is 0 Å². The number of rotatable bonds is 8. The summed E-state index contributed by atoms with van der Waals surface area (Å²) in [5.74, 6) is 0. The second kappa shape index (κ2) is 8.76. The Balaban J connectivity index is 1.88. The van der Waals surface area contributed by atoms with Crippen molar-refractivity contribution >= 4 is 0 Å². The molecule has 0 aliphatic heterocycles. The quantitative estimate of drug-likeness (QED) is 0.477. The molecule has 0 amide bonds. The molecular weight excluding hydrogens is 180 g/mol. The number of allylic oxidation sites excluding steroid dienone is 4. The molecular formula is C15H25. The molecule has 1 aliphatic carbocycles. The Kier molecular flexibility index (Phi) is 7.33. The third-order valence-corrected chi connectivity index (χ3v) is 3.03. The summed E-state index contributed by atoms with van der Waals surface area (Å²) in [6.45, 7) is 2.28. The highest BCUT2D eigenvalue weighted by Crippen LogP contribution is 2.16. The minimum Gasteiger partial charge on any atom is -0.0807 e. The lowest BCUT2D eigenvalue weighted by Crippen LogP contribution is -1.86. The van der Waals surface area contributed by atoms with E-state index in [0.717, 1.165) is 6.42 Å². The van der Waals surface area contributed by atoms with E-state index in [-0.39, 0.29) is 0 Å². The maximum atomic E-state index is 2.36. The summed E-state index contributed by atoms with van der Waals surface area (Å²) in [7, 11) is 0. The van der Waals surface area contributed by atoms with Crippen LogP contribution in [0.4, 0.5) is 0 Å². The van der Waals surface area contributed by atoms with Crippen molar-refractivity contribution in [2.45, 2.75) is 64.7 Å². The van der Waals surface area contributed by atoms with Gasteiger partial charge in [-0.15, -0.1) is 0 Å². The molecule has 0 atom stereocenters. The first-order valence-electron chi connectivity index (χ1n) is 6.62. The van der Waals surface area contributed by atoms with E-state index in [2.05, 4.69) is 31.6 Å². The van der Waals surface area contributed by atoms with Crippen LogP contribution in [-0.2, 0) is 0 Å². The summed E-state index contributed by atoms with van der Waals surface area (Å²) < 4.78 is 0. The molecule has 0 aromatic heterocycles. The van der Waals surface area contributed by atoms with Crippen LogP contribution >= 0.6 is 0 Å².